The molecule has 0 saturated carbocycles. The molecule has 3 rings (SSSR count). The zero-order chi connectivity index (χ0) is 26.7. The Bertz CT molecular complexity index is 1150. The van der Waals surface area contributed by atoms with E-state index in [0.29, 0.717) is 44.4 Å². The van der Waals surface area contributed by atoms with Gasteiger partial charge in [0.05, 0.1) is 18.8 Å². The molecule has 12 heteroatoms. The van der Waals surface area contributed by atoms with Crippen molar-refractivity contribution < 1.29 is 27.8 Å². The highest BCUT2D eigenvalue weighted by Crippen LogP contribution is 2.27. The summed E-state index contributed by atoms with van der Waals surface area (Å²) in [4.78, 5) is 5.56. The fourth-order valence-corrected chi connectivity index (χ4v) is 4.54. The summed E-state index contributed by atoms with van der Waals surface area (Å²) >= 11 is 7.43. The Balaban J connectivity index is 1.71. The molecule has 1 atom stereocenters. The summed E-state index contributed by atoms with van der Waals surface area (Å²) in [5, 5.41) is 18.7. The summed E-state index contributed by atoms with van der Waals surface area (Å²) in [6.45, 7) is 3.20. The van der Waals surface area contributed by atoms with Gasteiger partial charge in [0.15, 0.2) is 4.80 Å². The summed E-state index contributed by atoms with van der Waals surface area (Å²) in [5.41, 5.74) is 2.61. The lowest BCUT2D eigenvalue weighted by molar-refractivity contribution is -0.274. The summed E-state index contributed by atoms with van der Waals surface area (Å²) in [6.07, 6.45) is -4.67. The van der Waals surface area contributed by atoms with Crippen LogP contribution in [0.2, 0.25) is 5.02 Å². The molecule has 0 radical (unpaired) electrons. The summed E-state index contributed by atoms with van der Waals surface area (Å²) in [7, 11) is 1.60. The largest absolute Gasteiger partial charge is 0.573 e. The lowest BCUT2D eigenvalue weighted by Crippen LogP contribution is -2.40. The fraction of sp³-hybridized carbons (Fsp3) is 0.400. The minimum absolute atomic E-state index is 0.271. The predicted molar refractivity (Wildman–Crippen MR) is 139 cm³/mol. The van der Waals surface area contributed by atoms with E-state index in [9.17, 15) is 18.3 Å². The van der Waals surface area contributed by atoms with Crippen LogP contribution in [0, 0.1) is 0 Å². The van der Waals surface area contributed by atoms with Gasteiger partial charge in [0, 0.05) is 37.1 Å². The molecule has 0 bridgehead atoms. The minimum atomic E-state index is -4.74. The van der Waals surface area contributed by atoms with Crippen molar-refractivity contribution >= 4 is 22.9 Å². The van der Waals surface area contributed by atoms with E-state index >= 15 is 0 Å². The van der Waals surface area contributed by atoms with E-state index < -0.39 is 12.6 Å². The zero-order valence-corrected chi connectivity index (χ0v) is 21.9. The third-order valence-electron chi connectivity index (χ3n) is 5.25. The number of rotatable bonds is 14. The second-order valence-corrected chi connectivity index (χ2v) is 9.36. The molecule has 0 aliphatic carbocycles. The number of aromatic nitrogens is 1. The van der Waals surface area contributed by atoms with Gasteiger partial charge in [0.2, 0.25) is 0 Å². The predicted octanol–water partition coefficient (Wildman–Crippen LogP) is 4.40. The van der Waals surface area contributed by atoms with Crippen LogP contribution in [0.4, 0.5) is 13.2 Å². The molecule has 1 unspecified atom stereocenters. The SMILES string of the molecule is COCCNC(O)CNCCCn1c(-c2ccc(OC(F)(F)F)cc2)csc1=NCc1ccc(Cl)cc1. The Labute approximate surface area is 222 Å². The number of halogens is 4. The van der Waals surface area contributed by atoms with Crippen LogP contribution in [-0.4, -0.2) is 55.6 Å². The molecular weight excluding hydrogens is 529 g/mol. The quantitative estimate of drug-likeness (QED) is 0.202. The molecular formula is C25H30ClF3N4O3S. The molecule has 0 saturated heterocycles. The number of aliphatic hydroxyl groups excluding tert-OH is 1. The standard InChI is InChI=1S/C25H30ClF3N4O3S/c1-35-14-12-31-23(34)16-30-11-2-13-33-22(19-5-9-21(10-6-19)36-25(27,28)29)17-37-24(33)32-15-18-3-7-20(26)8-4-18/h3-10,17,23,30-31,34H,2,11-16H2,1H3. The molecule has 0 amide bonds. The second-order valence-electron chi connectivity index (χ2n) is 8.09. The number of methoxy groups -OCH3 is 1. The maximum absolute atomic E-state index is 12.5. The number of alkyl halides is 3. The van der Waals surface area contributed by atoms with Crippen molar-refractivity contribution in [1.29, 1.82) is 0 Å². The molecule has 3 aromatic rings. The van der Waals surface area contributed by atoms with E-state index in [1.165, 1.54) is 23.5 Å². The third kappa shape index (κ3) is 10.1. The van der Waals surface area contributed by atoms with Crippen LogP contribution in [0.1, 0.15) is 12.0 Å². The van der Waals surface area contributed by atoms with E-state index in [4.69, 9.17) is 21.3 Å². The van der Waals surface area contributed by atoms with Gasteiger partial charge < -0.3 is 24.5 Å². The van der Waals surface area contributed by atoms with Crippen LogP contribution >= 0.6 is 22.9 Å². The molecule has 0 aliphatic heterocycles. The maximum atomic E-state index is 12.5. The molecule has 37 heavy (non-hydrogen) atoms. The Morgan fingerprint density at radius 2 is 1.84 bits per heavy atom. The molecule has 2 aromatic carbocycles. The van der Waals surface area contributed by atoms with Crippen molar-refractivity contribution in [2.24, 2.45) is 4.99 Å². The monoisotopic (exact) mass is 558 g/mol. The van der Waals surface area contributed by atoms with E-state index in [-0.39, 0.29) is 5.75 Å². The van der Waals surface area contributed by atoms with Crippen molar-refractivity contribution in [2.45, 2.75) is 32.1 Å². The first-order chi connectivity index (χ1) is 17.7. The van der Waals surface area contributed by atoms with Crippen LogP contribution in [-0.2, 0) is 17.8 Å². The van der Waals surface area contributed by atoms with Crippen molar-refractivity contribution in [3.05, 3.63) is 69.3 Å². The Kier molecular flexibility index (Phi) is 11.4. The van der Waals surface area contributed by atoms with E-state index in [1.54, 1.807) is 19.2 Å². The third-order valence-corrected chi connectivity index (χ3v) is 6.40. The Morgan fingerprint density at radius 1 is 1.11 bits per heavy atom. The van der Waals surface area contributed by atoms with Crippen LogP contribution in [0.5, 0.6) is 5.75 Å². The van der Waals surface area contributed by atoms with Gasteiger partial charge in [-0.3, -0.25) is 10.3 Å². The van der Waals surface area contributed by atoms with Gasteiger partial charge in [-0.2, -0.15) is 0 Å². The fourth-order valence-electron chi connectivity index (χ4n) is 3.48. The van der Waals surface area contributed by atoms with Gasteiger partial charge in [-0.1, -0.05) is 23.7 Å². The second kappa shape index (κ2) is 14.5. The van der Waals surface area contributed by atoms with Crippen LogP contribution < -0.4 is 20.2 Å². The maximum Gasteiger partial charge on any atom is 0.573 e. The number of thiazole rings is 1. The normalized spacial score (nSPS) is 13.2. The summed E-state index contributed by atoms with van der Waals surface area (Å²) in [6, 6.07) is 13.3. The average molecular weight is 559 g/mol. The van der Waals surface area contributed by atoms with Gasteiger partial charge in [0.25, 0.3) is 0 Å². The lowest BCUT2D eigenvalue weighted by Gasteiger charge is -2.14. The van der Waals surface area contributed by atoms with Gasteiger partial charge in [0.1, 0.15) is 12.0 Å². The van der Waals surface area contributed by atoms with E-state index in [2.05, 4.69) is 19.9 Å². The van der Waals surface area contributed by atoms with Crippen molar-refractivity contribution in [2.75, 3.05) is 33.4 Å². The number of hydrogen-bond acceptors (Lipinski definition) is 7. The van der Waals surface area contributed by atoms with Gasteiger partial charge in [-0.15, -0.1) is 24.5 Å². The number of aliphatic hydroxyl groups is 1. The minimum Gasteiger partial charge on any atom is -0.406 e. The van der Waals surface area contributed by atoms with Crippen LogP contribution in [0.25, 0.3) is 11.3 Å². The molecule has 7 nitrogen and oxygen atoms in total. The number of hydrogen-bond donors (Lipinski definition) is 3. The number of benzene rings is 2. The van der Waals surface area contributed by atoms with E-state index in [1.807, 2.05) is 29.6 Å². The summed E-state index contributed by atoms with van der Waals surface area (Å²) < 4.78 is 48.6. The van der Waals surface area contributed by atoms with Gasteiger partial charge >= 0.3 is 6.36 Å². The molecule has 3 N–H and O–H groups in total. The molecule has 0 aliphatic rings. The Morgan fingerprint density at radius 3 is 2.51 bits per heavy atom. The highest BCUT2D eigenvalue weighted by molar-refractivity contribution is 7.07. The molecule has 1 heterocycles. The van der Waals surface area contributed by atoms with Crippen molar-refractivity contribution in [1.82, 2.24) is 15.2 Å². The van der Waals surface area contributed by atoms with Crippen molar-refractivity contribution in [3.63, 3.8) is 0 Å². The zero-order valence-electron chi connectivity index (χ0n) is 20.3. The van der Waals surface area contributed by atoms with E-state index in [0.717, 1.165) is 28.0 Å². The highest BCUT2D eigenvalue weighted by Gasteiger charge is 2.31. The Hall–Kier alpha value is -2.41. The first-order valence-electron chi connectivity index (χ1n) is 11.7. The first-order valence-corrected chi connectivity index (χ1v) is 12.9. The van der Waals surface area contributed by atoms with Gasteiger partial charge in [-0.25, -0.2) is 0 Å². The molecule has 202 valence electrons. The molecule has 0 fully saturated rings. The van der Waals surface area contributed by atoms with Gasteiger partial charge in [-0.05, 0) is 60.5 Å². The molecule has 1 aromatic heterocycles. The van der Waals surface area contributed by atoms with Crippen LogP contribution in [0.15, 0.2) is 58.9 Å². The van der Waals surface area contributed by atoms with Crippen molar-refractivity contribution in [3.8, 4) is 17.0 Å². The first kappa shape index (κ1) is 29.2. The van der Waals surface area contributed by atoms with Crippen LogP contribution in [0.3, 0.4) is 0 Å². The highest BCUT2D eigenvalue weighted by atomic mass is 35.5. The lowest BCUT2D eigenvalue weighted by atomic mass is 10.1. The number of ether oxygens (including phenoxy) is 2. The average Bonchev–Trinajstić information content (AvgIpc) is 3.26. The number of nitrogens with zero attached hydrogens (tertiary/aromatic N) is 2. The summed E-state index contributed by atoms with van der Waals surface area (Å²) in [5.74, 6) is -0.271. The molecule has 0 spiro atoms. The number of nitrogens with one attached hydrogen (secondary N) is 2. The smallest absolute Gasteiger partial charge is 0.406 e. The topological polar surface area (TPSA) is 80.0 Å².